The highest BCUT2D eigenvalue weighted by Gasteiger charge is 2.28. The maximum atomic E-state index is 9.85. The van der Waals surface area contributed by atoms with E-state index in [2.05, 4.69) is 35.8 Å². The number of anilines is 1. The topological polar surface area (TPSA) is 35.9 Å². The van der Waals surface area contributed by atoms with Crippen LogP contribution in [0.4, 0.5) is 5.69 Å². The molecular formula is C17H28N2O2. The standard InChI is InChI=1S/C17H28N2O2/c1-14(20)17(2,3)13-18-8-10-19(11-9-18)15-6-5-7-16(12-15)21-4/h5-7,12,14,20H,8-11,13H2,1-4H3. The van der Waals surface area contributed by atoms with E-state index in [1.807, 2.05) is 19.1 Å². The minimum Gasteiger partial charge on any atom is -0.497 e. The van der Waals surface area contributed by atoms with Crippen LogP contribution < -0.4 is 9.64 Å². The summed E-state index contributed by atoms with van der Waals surface area (Å²) in [6.45, 7) is 11.2. The van der Waals surface area contributed by atoms with Crippen LogP contribution >= 0.6 is 0 Å². The summed E-state index contributed by atoms with van der Waals surface area (Å²) in [4.78, 5) is 4.85. The van der Waals surface area contributed by atoms with E-state index in [-0.39, 0.29) is 11.5 Å². The van der Waals surface area contributed by atoms with Gasteiger partial charge in [0.1, 0.15) is 5.75 Å². The molecule has 1 aliphatic rings. The molecular weight excluding hydrogens is 264 g/mol. The second-order valence-corrected chi connectivity index (χ2v) is 6.63. The fourth-order valence-corrected chi connectivity index (χ4v) is 2.68. The molecule has 1 aromatic carbocycles. The van der Waals surface area contributed by atoms with Crippen molar-refractivity contribution >= 4 is 5.69 Å². The minimum atomic E-state index is -0.283. The highest BCUT2D eigenvalue weighted by atomic mass is 16.5. The molecule has 1 N–H and O–H groups in total. The molecule has 0 radical (unpaired) electrons. The molecule has 0 aliphatic carbocycles. The van der Waals surface area contributed by atoms with Crippen LogP contribution in [-0.2, 0) is 0 Å². The smallest absolute Gasteiger partial charge is 0.120 e. The lowest BCUT2D eigenvalue weighted by atomic mass is 9.86. The Bertz CT molecular complexity index is 452. The number of rotatable bonds is 5. The minimum absolute atomic E-state index is 0.0574. The van der Waals surface area contributed by atoms with Crippen LogP contribution in [0.25, 0.3) is 0 Å². The van der Waals surface area contributed by atoms with Gasteiger partial charge in [-0.05, 0) is 19.1 Å². The Balaban J connectivity index is 1.91. The molecule has 4 heteroatoms. The molecule has 1 fully saturated rings. The van der Waals surface area contributed by atoms with E-state index in [1.165, 1.54) is 5.69 Å². The number of aliphatic hydroxyl groups excluding tert-OH is 1. The number of hydrogen-bond acceptors (Lipinski definition) is 4. The molecule has 2 rings (SSSR count). The molecule has 118 valence electrons. The summed E-state index contributed by atoms with van der Waals surface area (Å²) in [7, 11) is 1.70. The van der Waals surface area contributed by atoms with Gasteiger partial charge >= 0.3 is 0 Å². The van der Waals surface area contributed by atoms with Crippen LogP contribution in [0.3, 0.4) is 0 Å². The third-order valence-electron chi connectivity index (χ3n) is 4.55. The number of nitrogens with zero attached hydrogens (tertiary/aromatic N) is 2. The Hall–Kier alpha value is -1.26. The third-order valence-corrected chi connectivity index (χ3v) is 4.55. The molecule has 1 saturated heterocycles. The number of benzene rings is 1. The highest BCUT2D eigenvalue weighted by molar-refractivity contribution is 5.51. The van der Waals surface area contributed by atoms with Gasteiger partial charge in [0, 0.05) is 49.9 Å². The van der Waals surface area contributed by atoms with E-state index in [4.69, 9.17) is 4.74 Å². The number of piperazine rings is 1. The van der Waals surface area contributed by atoms with E-state index in [9.17, 15) is 5.11 Å². The number of ether oxygens (including phenoxy) is 1. The van der Waals surface area contributed by atoms with E-state index in [1.54, 1.807) is 7.11 Å². The van der Waals surface area contributed by atoms with Gasteiger partial charge in [-0.3, -0.25) is 4.90 Å². The van der Waals surface area contributed by atoms with Crippen LogP contribution in [0.2, 0.25) is 0 Å². The van der Waals surface area contributed by atoms with Gasteiger partial charge in [0.25, 0.3) is 0 Å². The number of methoxy groups -OCH3 is 1. The molecule has 1 unspecified atom stereocenters. The summed E-state index contributed by atoms with van der Waals surface area (Å²) in [5, 5.41) is 9.85. The molecule has 21 heavy (non-hydrogen) atoms. The predicted octanol–water partition coefficient (Wildman–Crippen LogP) is 2.22. The van der Waals surface area contributed by atoms with Gasteiger partial charge in [-0.1, -0.05) is 19.9 Å². The van der Waals surface area contributed by atoms with E-state index < -0.39 is 0 Å². The Morgan fingerprint density at radius 3 is 2.48 bits per heavy atom. The molecule has 1 aromatic rings. The van der Waals surface area contributed by atoms with Crippen molar-refractivity contribution in [3.63, 3.8) is 0 Å². The number of aliphatic hydroxyl groups is 1. The Kier molecular flexibility index (Phi) is 5.12. The molecule has 1 aliphatic heterocycles. The molecule has 0 aromatic heterocycles. The van der Waals surface area contributed by atoms with Gasteiger partial charge in [-0.25, -0.2) is 0 Å². The Morgan fingerprint density at radius 1 is 1.24 bits per heavy atom. The fourth-order valence-electron chi connectivity index (χ4n) is 2.68. The van der Waals surface area contributed by atoms with Crippen molar-refractivity contribution in [2.45, 2.75) is 26.9 Å². The molecule has 4 nitrogen and oxygen atoms in total. The molecule has 0 spiro atoms. The highest BCUT2D eigenvalue weighted by Crippen LogP contribution is 2.25. The van der Waals surface area contributed by atoms with Gasteiger partial charge in [0.15, 0.2) is 0 Å². The van der Waals surface area contributed by atoms with E-state index in [0.29, 0.717) is 0 Å². The van der Waals surface area contributed by atoms with Gasteiger partial charge in [-0.15, -0.1) is 0 Å². The maximum Gasteiger partial charge on any atom is 0.120 e. The average Bonchev–Trinajstić information content (AvgIpc) is 2.47. The summed E-state index contributed by atoms with van der Waals surface area (Å²) < 4.78 is 5.29. The van der Waals surface area contributed by atoms with Crippen molar-refractivity contribution in [1.82, 2.24) is 4.90 Å². The van der Waals surface area contributed by atoms with E-state index >= 15 is 0 Å². The van der Waals surface area contributed by atoms with Crippen LogP contribution in [0, 0.1) is 5.41 Å². The zero-order valence-corrected chi connectivity index (χ0v) is 13.7. The second-order valence-electron chi connectivity index (χ2n) is 6.63. The lowest BCUT2D eigenvalue weighted by Gasteiger charge is -2.40. The lowest BCUT2D eigenvalue weighted by Crippen LogP contribution is -2.50. The Morgan fingerprint density at radius 2 is 1.90 bits per heavy atom. The van der Waals surface area contributed by atoms with Crippen molar-refractivity contribution in [2.24, 2.45) is 5.41 Å². The lowest BCUT2D eigenvalue weighted by molar-refractivity contribution is 0.0330. The van der Waals surface area contributed by atoms with Crippen molar-refractivity contribution in [3.8, 4) is 5.75 Å². The second kappa shape index (κ2) is 6.67. The normalized spacial score (nSPS) is 18.6. The first-order valence-electron chi connectivity index (χ1n) is 7.72. The van der Waals surface area contributed by atoms with Crippen molar-refractivity contribution in [3.05, 3.63) is 24.3 Å². The zero-order valence-electron chi connectivity index (χ0n) is 13.7. The van der Waals surface area contributed by atoms with E-state index in [0.717, 1.165) is 38.5 Å². The molecule has 1 heterocycles. The quantitative estimate of drug-likeness (QED) is 0.903. The van der Waals surface area contributed by atoms with Crippen LogP contribution in [-0.4, -0.2) is 55.9 Å². The van der Waals surface area contributed by atoms with Gasteiger partial charge in [-0.2, -0.15) is 0 Å². The SMILES string of the molecule is COc1cccc(N2CCN(CC(C)(C)C(C)O)CC2)c1. The van der Waals surface area contributed by atoms with Gasteiger partial charge < -0.3 is 14.7 Å². The number of hydrogen-bond donors (Lipinski definition) is 1. The maximum absolute atomic E-state index is 9.85. The summed E-state index contributed by atoms with van der Waals surface area (Å²) >= 11 is 0. The molecule has 1 atom stereocenters. The summed E-state index contributed by atoms with van der Waals surface area (Å²) in [5.41, 5.74) is 1.17. The largest absolute Gasteiger partial charge is 0.497 e. The van der Waals surface area contributed by atoms with Crippen LogP contribution in [0.15, 0.2) is 24.3 Å². The summed E-state index contributed by atoms with van der Waals surface area (Å²) in [5.74, 6) is 0.908. The third kappa shape index (κ3) is 4.11. The Labute approximate surface area is 128 Å². The predicted molar refractivity (Wildman–Crippen MR) is 87.1 cm³/mol. The summed E-state index contributed by atoms with van der Waals surface area (Å²) in [6.07, 6.45) is -0.283. The first kappa shape index (κ1) is 16.1. The summed E-state index contributed by atoms with van der Waals surface area (Å²) in [6, 6.07) is 8.25. The first-order chi connectivity index (χ1) is 9.92. The molecule has 0 amide bonds. The van der Waals surface area contributed by atoms with Crippen molar-refractivity contribution in [1.29, 1.82) is 0 Å². The monoisotopic (exact) mass is 292 g/mol. The fraction of sp³-hybridized carbons (Fsp3) is 0.647. The first-order valence-corrected chi connectivity index (χ1v) is 7.72. The van der Waals surface area contributed by atoms with Gasteiger partial charge in [0.05, 0.1) is 13.2 Å². The average molecular weight is 292 g/mol. The zero-order chi connectivity index (χ0) is 15.5. The molecule has 0 bridgehead atoms. The van der Waals surface area contributed by atoms with Gasteiger partial charge in [0.2, 0.25) is 0 Å². The van der Waals surface area contributed by atoms with Crippen LogP contribution in [0.5, 0.6) is 5.75 Å². The van der Waals surface area contributed by atoms with Crippen molar-refractivity contribution < 1.29 is 9.84 Å². The molecule has 0 saturated carbocycles. The van der Waals surface area contributed by atoms with Crippen molar-refractivity contribution in [2.75, 3.05) is 44.7 Å². The van der Waals surface area contributed by atoms with Crippen LogP contribution in [0.1, 0.15) is 20.8 Å².